The predicted octanol–water partition coefficient (Wildman–Crippen LogP) is 4.65. The molecule has 3 heterocycles. The number of fused-ring (bicyclic) bond motifs is 2. The molecule has 1 aliphatic heterocycles. The number of ether oxygens (including phenoxy) is 1. The average molecular weight is 578 g/mol. The largest absolute Gasteiger partial charge is 0.377 e. The normalized spacial score (nSPS) is 18.4. The summed E-state index contributed by atoms with van der Waals surface area (Å²) in [4.78, 5) is 25.2. The molecule has 0 amide bonds. The molecular weight excluding hydrogens is 546 g/mol. The van der Waals surface area contributed by atoms with E-state index in [2.05, 4.69) is 49.3 Å². The van der Waals surface area contributed by atoms with E-state index in [9.17, 15) is 4.79 Å². The second-order valence-electron chi connectivity index (χ2n) is 11.3. The molecule has 2 aromatic carbocycles. The first-order valence-electron chi connectivity index (χ1n) is 13.4. The van der Waals surface area contributed by atoms with Gasteiger partial charge in [-0.05, 0) is 61.8 Å². The summed E-state index contributed by atoms with van der Waals surface area (Å²) in [5.74, 6) is 0.612. The molecule has 0 radical (unpaired) electrons. The molecule has 1 atom stereocenters. The highest BCUT2D eigenvalue weighted by Gasteiger charge is 2.46. The van der Waals surface area contributed by atoms with Gasteiger partial charge in [-0.2, -0.15) is 0 Å². The van der Waals surface area contributed by atoms with Gasteiger partial charge in [-0.3, -0.25) is 9.36 Å². The lowest BCUT2D eigenvalue weighted by Crippen LogP contribution is -2.45. The van der Waals surface area contributed by atoms with Crippen LogP contribution in [0.2, 0.25) is 5.02 Å². The van der Waals surface area contributed by atoms with Crippen molar-refractivity contribution < 1.29 is 4.74 Å². The minimum absolute atomic E-state index is 0.0705. The van der Waals surface area contributed by atoms with Crippen molar-refractivity contribution in [3.8, 4) is 0 Å². The standard InChI is InChI=1S/C29H32ClN7O2S/c1-28(2,39-3)16-37-17-33-20-8-9-21(24(30)23(20)26(37)38)40-22-15-32-27(35-34-22)36-12-10-29(11-13-36)14-18-6-4-5-7-19(18)25(29)31/h4-9,15,17,25H,10-14,16,31H2,1-3H3/t25-/m1/s1. The van der Waals surface area contributed by atoms with E-state index in [1.165, 1.54) is 33.8 Å². The number of nitrogens with zero attached hydrogens (tertiary/aromatic N) is 6. The van der Waals surface area contributed by atoms with Crippen LogP contribution in [-0.4, -0.2) is 50.5 Å². The first kappa shape index (κ1) is 27.1. The average Bonchev–Trinajstić information content (AvgIpc) is 3.23. The Morgan fingerprint density at radius 2 is 1.93 bits per heavy atom. The summed E-state index contributed by atoms with van der Waals surface area (Å²) >= 11 is 8.06. The molecule has 9 nitrogen and oxygen atoms in total. The zero-order chi connectivity index (χ0) is 28.1. The maximum absolute atomic E-state index is 13.3. The summed E-state index contributed by atoms with van der Waals surface area (Å²) in [6.45, 7) is 5.86. The van der Waals surface area contributed by atoms with Crippen LogP contribution in [0.25, 0.3) is 10.9 Å². The molecule has 6 rings (SSSR count). The number of aromatic nitrogens is 5. The summed E-state index contributed by atoms with van der Waals surface area (Å²) < 4.78 is 7.01. The van der Waals surface area contributed by atoms with E-state index >= 15 is 0 Å². The Balaban J connectivity index is 1.16. The van der Waals surface area contributed by atoms with Gasteiger partial charge < -0.3 is 15.4 Å². The molecule has 1 spiro atoms. The van der Waals surface area contributed by atoms with E-state index in [0.717, 1.165) is 32.4 Å². The van der Waals surface area contributed by atoms with Crippen molar-refractivity contribution in [3.63, 3.8) is 0 Å². The quantitative estimate of drug-likeness (QED) is 0.350. The second kappa shape index (κ2) is 10.4. The predicted molar refractivity (Wildman–Crippen MR) is 157 cm³/mol. The topological polar surface area (TPSA) is 112 Å². The third-order valence-electron chi connectivity index (χ3n) is 8.38. The summed E-state index contributed by atoms with van der Waals surface area (Å²) in [5, 5.41) is 10.1. The Kier molecular flexibility index (Phi) is 7.06. The highest BCUT2D eigenvalue weighted by atomic mass is 35.5. The smallest absolute Gasteiger partial charge is 0.262 e. The first-order valence-corrected chi connectivity index (χ1v) is 14.6. The monoisotopic (exact) mass is 577 g/mol. The van der Waals surface area contributed by atoms with Crippen LogP contribution in [0.3, 0.4) is 0 Å². The fourth-order valence-corrected chi connectivity index (χ4v) is 6.97. The summed E-state index contributed by atoms with van der Waals surface area (Å²) in [6.07, 6.45) is 6.25. The lowest BCUT2D eigenvalue weighted by Gasteiger charge is -2.42. The Hall–Kier alpha value is -3.05. The van der Waals surface area contributed by atoms with E-state index in [4.69, 9.17) is 22.1 Å². The molecule has 11 heteroatoms. The maximum atomic E-state index is 13.3. The molecule has 208 valence electrons. The van der Waals surface area contributed by atoms with Crippen molar-refractivity contribution in [1.82, 2.24) is 24.7 Å². The Labute approximate surface area is 242 Å². The zero-order valence-corrected chi connectivity index (χ0v) is 24.4. The number of nitrogens with two attached hydrogens (primary N) is 1. The third kappa shape index (κ3) is 4.87. The molecule has 2 aromatic heterocycles. The number of piperidine rings is 1. The number of rotatable bonds is 6. The van der Waals surface area contributed by atoms with Gasteiger partial charge in [0.15, 0.2) is 0 Å². The molecular formula is C29H32ClN7O2S. The molecule has 1 fully saturated rings. The van der Waals surface area contributed by atoms with Gasteiger partial charge in [-0.15, -0.1) is 10.2 Å². The third-order valence-corrected chi connectivity index (χ3v) is 9.84. The molecule has 1 saturated heterocycles. The summed E-state index contributed by atoms with van der Waals surface area (Å²) in [7, 11) is 1.62. The van der Waals surface area contributed by atoms with Crippen molar-refractivity contribution in [1.29, 1.82) is 0 Å². The number of benzene rings is 2. The Morgan fingerprint density at radius 1 is 1.15 bits per heavy atom. The van der Waals surface area contributed by atoms with Crippen LogP contribution in [0.4, 0.5) is 5.95 Å². The van der Waals surface area contributed by atoms with E-state index < -0.39 is 5.60 Å². The van der Waals surface area contributed by atoms with Crippen LogP contribution < -0.4 is 16.2 Å². The lowest BCUT2D eigenvalue weighted by molar-refractivity contribution is 0.00728. The van der Waals surface area contributed by atoms with E-state index in [1.807, 2.05) is 19.9 Å². The minimum atomic E-state index is -0.524. The SMILES string of the molecule is COC(C)(C)Cn1cnc2ccc(Sc3cnc(N4CCC5(CC4)Cc4ccccc4[C@H]5N)nn3)c(Cl)c2c1=O. The molecule has 2 aliphatic rings. The van der Waals surface area contributed by atoms with Gasteiger partial charge in [0.2, 0.25) is 5.95 Å². The van der Waals surface area contributed by atoms with E-state index in [0.29, 0.717) is 38.3 Å². The van der Waals surface area contributed by atoms with Crippen LogP contribution >= 0.6 is 23.4 Å². The number of halogens is 1. The second-order valence-corrected chi connectivity index (χ2v) is 12.8. The van der Waals surface area contributed by atoms with Crippen molar-refractivity contribution in [3.05, 3.63) is 75.4 Å². The van der Waals surface area contributed by atoms with Crippen LogP contribution in [0.15, 0.2) is 63.6 Å². The van der Waals surface area contributed by atoms with Gasteiger partial charge in [0.25, 0.3) is 5.56 Å². The van der Waals surface area contributed by atoms with Crippen molar-refractivity contribution in [2.75, 3.05) is 25.1 Å². The Morgan fingerprint density at radius 3 is 2.62 bits per heavy atom. The number of hydrogen-bond donors (Lipinski definition) is 1. The molecule has 4 aromatic rings. The zero-order valence-electron chi connectivity index (χ0n) is 22.8. The van der Waals surface area contributed by atoms with Crippen molar-refractivity contribution >= 4 is 40.2 Å². The lowest BCUT2D eigenvalue weighted by atomic mass is 9.73. The minimum Gasteiger partial charge on any atom is -0.377 e. The highest BCUT2D eigenvalue weighted by molar-refractivity contribution is 7.99. The van der Waals surface area contributed by atoms with Crippen LogP contribution in [-0.2, 0) is 17.7 Å². The summed E-state index contributed by atoms with van der Waals surface area (Å²) in [5.41, 5.74) is 9.30. The molecule has 0 unspecified atom stereocenters. The van der Waals surface area contributed by atoms with Gasteiger partial charge in [-0.25, -0.2) is 9.97 Å². The summed E-state index contributed by atoms with van der Waals surface area (Å²) in [6, 6.07) is 12.3. The fourth-order valence-electron chi connectivity index (χ4n) is 5.87. The number of methoxy groups -OCH3 is 1. The first-order chi connectivity index (χ1) is 19.2. The molecule has 40 heavy (non-hydrogen) atoms. The van der Waals surface area contributed by atoms with Gasteiger partial charge >= 0.3 is 0 Å². The van der Waals surface area contributed by atoms with Crippen molar-refractivity contribution in [2.45, 2.75) is 61.2 Å². The number of hydrogen-bond acceptors (Lipinski definition) is 9. The number of anilines is 1. The maximum Gasteiger partial charge on any atom is 0.262 e. The van der Waals surface area contributed by atoms with Gasteiger partial charge in [-0.1, -0.05) is 47.6 Å². The molecule has 0 bridgehead atoms. The van der Waals surface area contributed by atoms with Gasteiger partial charge in [0.05, 0.1) is 40.6 Å². The van der Waals surface area contributed by atoms with E-state index in [-0.39, 0.29) is 17.0 Å². The molecule has 0 saturated carbocycles. The van der Waals surface area contributed by atoms with E-state index in [1.54, 1.807) is 19.4 Å². The van der Waals surface area contributed by atoms with Gasteiger partial charge in [0.1, 0.15) is 5.03 Å². The van der Waals surface area contributed by atoms with Crippen LogP contribution in [0, 0.1) is 5.41 Å². The van der Waals surface area contributed by atoms with Crippen molar-refractivity contribution in [2.24, 2.45) is 11.1 Å². The fraction of sp³-hybridized carbons (Fsp3) is 0.414. The van der Waals surface area contributed by atoms with Crippen LogP contribution in [0.5, 0.6) is 0 Å². The molecule has 2 N–H and O–H groups in total. The Bertz CT molecular complexity index is 1620. The van der Waals surface area contributed by atoms with Crippen LogP contribution in [0.1, 0.15) is 43.9 Å². The highest BCUT2D eigenvalue weighted by Crippen LogP contribution is 2.50. The molecule has 1 aliphatic carbocycles. The van der Waals surface area contributed by atoms with Gasteiger partial charge in [0, 0.05) is 31.1 Å².